The number of rotatable bonds is 3. The molecule has 0 saturated heterocycles. The molecule has 2 aromatic rings. The lowest BCUT2D eigenvalue weighted by Gasteiger charge is -2.05. The summed E-state index contributed by atoms with van der Waals surface area (Å²) < 4.78 is 0. The summed E-state index contributed by atoms with van der Waals surface area (Å²) in [5.74, 6) is 1.32. The molecule has 0 spiro atoms. The Morgan fingerprint density at radius 1 is 1.12 bits per heavy atom. The molecule has 0 bridgehead atoms. The summed E-state index contributed by atoms with van der Waals surface area (Å²) in [5.41, 5.74) is 6.55. The lowest BCUT2D eigenvalue weighted by Crippen LogP contribution is -2.07. The molecule has 0 aliphatic rings. The smallest absolute Gasteiger partial charge is 0.228 e. The molecule has 0 radical (unpaired) electrons. The van der Waals surface area contributed by atoms with Crippen molar-refractivity contribution >= 4 is 11.9 Å². The molecular formula is C11H13N5. The second-order valence-corrected chi connectivity index (χ2v) is 3.24. The first-order valence-corrected chi connectivity index (χ1v) is 5.10. The lowest BCUT2D eigenvalue weighted by atomic mass is 10.2. The first-order chi connectivity index (χ1) is 7.79. The maximum absolute atomic E-state index is 5.62. The molecule has 1 heterocycles. The van der Waals surface area contributed by atoms with Crippen LogP contribution in [0, 0.1) is 0 Å². The predicted molar refractivity (Wildman–Crippen MR) is 63.8 cm³/mol. The van der Waals surface area contributed by atoms with E-state index in [4.69, 9.17) is 5.73 Å². The van der Waals surface area contributed by atoms with Crippen LogP contribution in [-0.4, -0.2) is 21.5 Å². The van der Waals surface area contributed by atoms with Crippen molar-refractivity contribution in [1.29, 1.82) is 0 Å². The Morgan fingerprint density at radius 3 is 2.56 bits per heavy atom. The summed E-state index contributed by atoms with van der Waals surface area (Å²) in [6, 6.07) is 9.68. The van der Waals surface area contributed by atoms with Gasteiger partial charge in [-0.3, -0.25) is 0 Å². The highest BCUT2D eigenvalue weighted by Gasteiger charge is 2.05. The van der Waals surface area contributed by atoms with Crippen molar-refractivity contribution < 1.29 is 0 Å². The van der Waals surface area contributed by atoms with Crippen molar-refractivity contribution in [2.45, 2.75) is 6.92 Å². The van der Waals surface area contributed by atoms with Crippen LogP contribution in [0.5, 0.6) is 0 Å². The summed E-state index contributed by atoms with van der Waals surface area (Å²) >= 11 is 0. The van der Waals surface area contributed by atoms with Gasteiger partial charge in [-0.15, -0.1) is 0 Å². The van der Waals surface area contributed by atoms with Gasteiger partial charge in [0.1, 0.15) is 0 Å². The van der Waals surface area contributed by atoms with E-state index in [1.165, 1.54) is 0 Å². The molecular weight excluding hydrogens is 202 g/mol. The van der Waals surface area contributed by atoms with Gasteiger partial charge < -0.3 is 11.1 Å². The number of nitrogen functional groups attached to an aromatic ring is 1. The molecule has 5 nitrogen and oxygen atoms in total. The van der Waals surface area contributed by atoms with Crippen molar-refractivity contribution in [2.24, 2.45) is 0 Å². The van der Waals surface area contributed by atoms with Gasteiger partial charge in [-0.2, -0.15) is 15.0 Å². The third kappa shape index (κ3) is 2.25. The number of nitrogens with zero attached hydrogens (tertiary/aromatic N) is 3. The summed E-state index contributed by atoms with van der Waals surface area (Å²) in [7, 11) is 0. The molecule has 5 heteroatoms. The number of hydrogen-bond acceptors (Lipinski definition) is 5. The Bertz CT molecular complexity index is 469. The van der Waals surface area contributed by atoms with Gasteiger partial charge >= 0.3 is 0 Å². The fraction of sp³-hybridized carbons (Fsp3) is 0.182. The molecule has 0 aliphatic heterocycles. The molecule has 0 aliphatic carbocycles. The molecule has 2 rings (SSSR count). The maximum Gasteiger partial charge on any atom is 0.228 e. The molecule has 82 valence electrons. The van der Waals surface area contributed by atoms with E-state index in [-0.39, 0.29) is 5.95 Å². The van der Waals surface area contributed by atoms with Crippen LogP contribution < -0.4 is 11.1 Å². The van der Waals surface area contributed by atoms with Crippen molar-refractivity contribution in [3.8, 4) is 11.4 Å². The summed E-state index contributed by atoms with van der Waals surface area (Å²) in [6.07, 6.45) is 0. The predicted octanol–water partition coefficient (Wildman–Crippen LogP) is 1.55. The van der Waals surface area contributed by atoms with Crippen LogP contribution in [0.15, 0.2) is 30.3 Å². The molecule has 0 atom stereocenters. The van der Waals surface area contributed by atoms with Crippen LogP contribution in [0.3, 0.4) is 0 Å². The van der Waals surface area contributed by atoms with Crippen LogP contribution in [-0.2, 0) is 0 Å². The zero-order valence-electron chi connectivity index (χ0n) is 9.01. The Labute approximate surface area is 93.8 Å². The van der Waals surface area contributed by atoms with Crippen LogP contribution in [0.2, 0.25) is 0 Å². The van der Waals surface area contributed by atoms with E-state index in [1.54, 1.807) is 0 Å². The van der Waals surface area contributed by atoms with Crippen molar-refractivity contribution in [3.05, 3.63) is 30.3 Å². The molecule has 1 aromatic heterocycles. The van der Waals surface area contributed by atoms with Crippen molar-refractivity contribution in [1.82, 2.24) is 15.0 Å². The van der Waals surface area contributed by atoms with Gasteiger partial charge in [0.15, 0.2) is 5.82 Å². The molecule has 1 aromatic carbocycles. The molecule has 0 amide bonds. The first-order valence-electron chi connectivity index (χ1n) is 5.10. The third-order valence-corrected chi connectivity index (χ3v) is 2.02. The normalized spacial score (nSPS) is 10.1. The van der Waals surface area contributed by atoms with Gasteiger partial charge in [-0.1, -0.05) is 30.3 Å². The summed E-state index contributed by atoms with van der Waals surface area (Å²) in [4.78, 5) is 12.4. The summed E-state index contributed by atoms with van der Waals surface area (Å²) in [6.45, 7) is 2.72. The van der Waals surface area contributed by atoms with Gasteiger partial charge in [-0.05, 0) is 6.92 Å². The van der Waals surface area contributed by atoms with E-state index >= 15 is 0 Å². The minimum Gasteiger partial charge on any atom is -0.368 e. The van der Waals surface area contributed by atoms with Gasteiger partial charge in [0.2, 0.25) is 11.9 Å². The number of nitrogens with one attached hydrogen (secondary N) is 1. The molecule has 0 fully saturated rings. The number of anilines is 2. The van der Waals surface area contributed by atoms with Crippen molar-refractivity contribution in [2.75, 3.05) is 17.6 Å². The van der Waals surface area contributed by atoms with Crippen LogP contribution in [0.4, 0.5) is 11.9 Å². The van der Waals surface area contributed by atoms with E-state index < -0.39 is 0 Å². The number of benzene rings is 1. The van der Waals surface area contributed by atoms with Crippen molar-refractivity contribution in [3.63, 3.8) is 0 Å². The van der Waals surface area contributed by atoms with Gasteiger partial charge in [0.25, 0.3) is 0 Å². The zero-order chi connectivity index (χ0) is 11.4. The number of nitrogens with two attached hydrogens (primary N) is 1. The van der Waals surface area contributed by atoms with E-state index in [9.17, 15) is 0 Å². The first kappa shape index (κ1) is 10.4. The fourth-order valence-electron chi connectivity index (χ4n) is 1.35. The van der Waals surface area contributed by atoms with E-state index in [1.807, 2.05) is 37.3 Å². The highest BCUT2D eigenvalue weighted by atomic mass is 15.2. The Hall–Kier alpha value is -2.17. The van der Waals surface area contributed by atoms with E-state index in [0.717, 1.165) is 12.1 Å². The van der Waals surface area contributed by atoms with Crippen LogP contribution in [0.25, 0.3) is 11.4 Å². The number of aromatic nitrogens is 3. The standard InChI is InChI=1S/C11H13N5/c1-2-13-11-15-9(14-10(12)16-11)8-6-4-3-5-7-8/h3-7H,2H2,1H3,(H3,12,13,14,15,16). The maximum atomic E-state index is 5.62. The third-order valence-electron chi connectivity index (χ3n) is 2.02. The average molecular weight is 215 g/mol. The molecule has 3 N–H and O–H groups in total. The second kappa shape index (κ2) is 4.57. The highest BCUT2D eigenvalue weighted by Crippen LogP contribution is 2.15. The van der Waals surface area contributed by atoms with Gasteiger partial charge in [-0.25, -0.2) is 0 Å². The Kier molecular flexibility index (Phi) is 2.95. The molecule has 16 heavy (non-hydrogen) atoms. The van der Waals surface area contributed by atoms with Gasteiger partial charge in [0.05, 0.1) is 0 Å². The van der Waals surface area contributed by atoms with Gasteiger partial charge in [0, 0.05) is 12.1 Å². The summed E-state index contributed by atoms with van der Waals surface area (Å²) in [5, 5.41) is 3.02. The van der Waals surface area contributed by atoms with E-state index in [2.05, 4.69) is 20.3 Å². The fourth-order valence-corrected chi connectivity index (χ4v) is 1.35. The Balaban J connectivity index is 2.41. The van der Waals surface area contributed by atoms with Crippen LogP contribution in [0.1, 0.15) is 6.92 Å². The Morgan fingerprint density at radius 2 is 1.88 bits per heavy atom. The quantitative estimate of drug-likeness (QED) is 0.812. The SMILES string of the molecule is CCNc1nc(N)nc(-c2ccccc2)n1. The van der Waals surface area contributed by atoms with Crippen LogP contribution >= 0.6 is 0 Å². The zero-order valence-corrected chi connectivity index (χ0v) is 9.01. The van der Waals surface area contributed by atoms with E-state index in [0.29, 0.717) is 11.8 Å². The largest absolute Gasteiger partial charge is 0.368 e. The minimum atomic E-state index is 0.227. The topological polar surface area (TPSA) is 76.7 Å². The average Bonchev–Trinajstić information content (AvgIpc) is 2.30. The number of hydrogen-bond donors (Lipinski definition) is 2. The minimum absolute atomic E-state index is 0.227. The molecule has 0 saturated carbocycles. The monoisotopic (exact) mass is 215 g/mol. The second-order valence-electron chi connectivity index (χ2n) is 3.24. The molecule has 0 unspecified atom stereocenters. The lowest BCUT2D eigenvalue weighted by molar-refractivity contribution is 1.04. The highest BCUT2D eigenvalue weighted by molar-refractivity contribution is 5.57.